The number of carbonyl (C=O) groups is 13. The van der Waals surface area contributed by atoms with E-state index in [9.17, 15) is 62.3 Å². The van der Waals surface area contributed by atoms with E-state index >= 15 is 0 Å². The largest absolute Gasteiger partial charge is 0.356 e. The molecule has 0 unspecified atom stereocenters. The third-order valence-corrected chi connectivity index (χ3v) is 15.6. The Morgan fingerprint density at radius 2 is 0.777 bits per heavy atom. The molecule has 38 heteroatoms. The van der Waals surface area contributed by atoms with Crippen molar-refractivity contribution in [2.45, 2.75) is 45.1 Å². The van der Waals surface area contributed by atoms with Gasteiger partial charge in [-0.15, -0.1) is 0 Å². The van der Waals surface area contributed by atoms with Gasteiger partial charge >= 0.3 is 0 Å². The topological polar surface area (TPSA) is 460 Å². The molecular weight excluding hydrogens is 1340 g/mol. The van der Waals surface area contributed by atoms with Gasteiger partial charge in [-0.3, -0.25) is 62.3 Å². The molecule has 0 radical (unpaired) electrons. The molecule has 0 saturated heterocycles. The van der Waals surface area contributed by atoms with Crippen LogP contribution in [0.25, 0.3) is 0 Å². The van der Waals surface area contributed by atoms with Gasteiger partial charge in [0.2, 0.25) is 41.2 Å². The Morgan fingerprint density at radius 1 is 0.388 bits per heavy atom. The number of aromatic nitrogens is 11. The average Bonchev–Trinajstić information content (AvgIpc) is 1.70. The van der Waals surface area contributed by atoms with E-state index in [1.807, 2.05) is 19.0 Å². The number of hydrogen-bond acceptors (Lipinski definition) is 17. The molecule has 38 nitrogen and oxygen atoms in total. The van der Waals surface area contributed by atoms with Gasteiger partial charge in [-0.1, -0.05) is 0 Å². The number of anilines is 7. The van der Waals surface area contributed by atoms with Crippen molar-refractivity contribution in [2.75, 3.05) is 90.6 Å². The van der Waals surface area contributed by atoms with E-state index < -0.39 is 76.9 Å². The normalized spacial score (nSPS) is 11.3. The number of hydrogen-bond donors (Lipinski definition) is 13. The van der Waals surface area contributed by atoms with Gasteiger partial charge in [-0.2, -0.15) is 0 Å². The van der Waals surface area contributed by atoms with Crippen LogP contribution in [0.5, 0.6) is 0 Å². The minimum Gasteiger partial charge on any atom is -0.356 e. The van der Waals surface area contributed by atoms with Gasteiger partial charge in [0.25, 0.3) is 47.3 Å². The Balaban J connectivity index is 0.736. The molecule has 8 aromatic rings. The molecule has 0 aromatic carbocycles. The number of nitrogens with one attached hydrogen (secondary N) is 13. The van der Waals surface area contributed by atoms with E-state index in [4.69, 9.17) is 0 Å². The van der Waals surface area contributed by atoms with Crippen molar-refractivity contribution in [1.82, 2.24) is 88.3 Å². The lowest BCUT2D eigenvalue weighted by molar-refractivity contribution is -0.125. The van der Waals surface area contributed by atoms with E-state index in [1.165, 1.54) is 110 Å². The molecule has 546 valence electrons. The Labute approximate surface area is 589 Å². The summed E-state index contributed by atoms with van der Waals surface area (Å²) in [7, 11) is 16.6. The second kappa shape index (κ2) is 34.2. The molecule has 103 heavy (non-hydrogen) atoms. The molecule has 0 aliphatic rings. The van der Waals surface area contributed by atoms with E-state index in [0.717, 1.165) is 13.0 Å². The summed E-state index contributed by atoms with van der Waals surface area (Å²) in [5.74, 6) is -6.90. The molecule has 0 saturated carbocycles. The van der Waals surface area contributed by atoms with Crippen molar-refractivity contribution in [2.24, 2.45) is 56.4 Å². The third-order valence-electron chi connectivity index (χ3n) is 15.6. The van der Waals surface area contributed by atoms with Crippen molar-refractivity contribution in [1.29, 1.82) is 0 Å². The fourth-order valence-corrected chi connectivity index (χ4v) is 10.5. The lowest BCUT2D eigenvalue weighted by Crippen LogP contribution is -2.45. The average molecular weight is 1420 g/mol. The molecule has 1 atom stereocenters. The number of carbonyl (C=O) groups excluding carboxylic acids is 13. The highest BCUT2D eigenvalue weighted by molar-refractivity contribution is 6.08. The molecule has 8 rings (SSSR count). The maximum absolute atomic E-state index is 13.6. The predicted octanol–water partition coefficient (Wildman–Crippen LogP) is 0.557. The van der Waals surface area contributed by atoms with Crippen LogP contribution in [0.3, 0.4) is 0 Å². The Morgan fingerprint density at radius 3 is 1.22 bits per heavy atom. The van der Waals surface area contributed by atoms with Gasteiger partial charge in [-0.25, -0.2) is 15.0 Å². The Hall–Kier alpha value is -12.9. The van der Waals surface area contributed by atoms with E-state index in [0.29, 0.717) is 23.6 Å². The molecule has 0 fully saturated rings. The molecule has 8 aromatic heterocycles. The van der Waals surface area contributed by atoms with Crippen molar-refractivity contribution in [3.63, 3.8) is 0 Å². The predicted molar refractivity (Wildman–Crippen MR) is 376 cm³/mol. The summed E-state index contributed by atoms with van der Waals surface area (Å²) in [6.07, 6.45) is 14.0. The SMILES string of the molecule is CC(=O)N[C@H](CCNC(=O)c1nc(NC(=O)c2nc(NC(=O)CCNC(=O)c3cc(NC(=O)c4nccn4C)cn3C)cn2C)cn1C)C(=O)Nc1cc(C(=O)Nc2cc(C(=O)NCCC(=O)Nc3cc(C(=O)Nc4cc(C(=O)NCCC(=O)NCCCN(C)C)n(C)c4)n(C)c3)n(C)c2)n(C)c1. The summed E-state index contributed by atoms with van der Waals surface area (Å²) in [5.41, 5.74) is 2.38. The third kappa shape index (κ3) is 20.8. The lowest BCUT2D eigenvalue weighted by atomic mass is 10.2. The van der Waals surface area contributed by atoms with Gasteiger partial charge < -0.3 is 111 Å². The standard InChI is InChI=1S/C65H83N25O13/c1-37(91)72-43(13-18-71-63(101)55-80-50(36-89(55)10)81-65(103)56-79-49(35-90(56)11)78-53(94)16-21-70-60(98)46-28-42(34-86(46)7)77-64(102)54-67-22-24-83(54)4)57(95)74-39-29-48(88(9)31-39)62(100)76-41-27-45(85(6)33-41)59(97)69-20-15-52(93)73-38-25-47(87(8)30-38)61(99)75-40-26-44(84(5)32-40)58(96)68-19-14-51(92)66-17-12-23-82(2)3/h22,24-36,43H,12-21,23H2,1-11H3,(H,66,92)(H,68,96)(H,69,97)(H,70,98)(H,71,101)(H,72,91)(H,73,93)(H,74,95)(H,75,99)(H,76,100)(H,77,102)(H,78,94)(H,81,103)/t43-/m1/s1. The van der Waals surface area contributed by atoms with Crippen molar-refractivity contribution < 1.29 is 62.3 Å². The first-order chi connectivity index (χ1) is 48.9. The number of rotatable bonds is 33. The molecule has 8 heterocycles. The van der Waals surface area contributed by atoms with Gasteiger partial charge in [0.1, 0.15) is 34.5 Å². The monoisotopic (exact) mass is 1420 g/mol. The van der Waals surface area contributed by atoms with Crippen LogP contribution in [0.2, 0.25) is 0 Å². The van der Waals surface area contributed by atoms with E-state index in [-0.39, 0.29) is 127 Å². The summed E-state index contributed by atoms with van der Waals surface area (Å²) in [6.45, 7) is 2.44. The number of nitrogens with zero attached hydrogens (tertiary/aromatic N) is 12. The van der Waals surface area contributed by atoms with Gasteiger partial charge in [-0.05, 0) is 63.8 Å². The number of aryl methyl sites for hydroxylation is 8. The maximum atomic E-state index is 13.6. The molecule has 0 aliphatic heterocycles. The number of amides is 13. The second-order valence-electron chi connectivity index (χ2n) is 24.3. The van der Waals surface area contributed by atoms with Gasteiger partial charge in [0, 0.05) is 171 Å². The lowest BCUT2D eigenvalue weighted by Gasteiger charge is -2.17. The fourth-order valence-electron chi connectivity index (χ4n) is 10.5. The summed E-state index contributed by atoms with van der Waals surface area (Å²) in [5, 5.41) is 34.8. The van der Waals surface area contributed by atoms with Crippen LogP contribution in [-0.4, -0.2) is 193 Å². The van der Waals surface area contributed by atoms with Crippen LogP contribution in [0.15, 0.2) is 86.1 Å². The summed E-state index contributed by atoms with van der Waals surface area (Å²) in [4.78, 5) is 184. The zero-order valence-electron chi connectivity index (χ0n) is 58.6. The highest BCUT2D eigenvalue weighted by Crippen LogP contribution is 2.22. The van der Waals surface area contributed by atoms with E-state index in [1.54, 1.807) is 76.2 Å². The highest BCUT2D eigenvalue weighted by Gasteiger charge is 2.26. The van der Waals surface area contributed by atoms with Crippen LogP contribution in [-0.2, 0) is 80.4 Å². The smallest absolute Gasteiger partial charge is 0.292 e. The van der Waals surface area contributed by atoms with Crippen molar-refractivity contribution >= 4 is 117 Å². The van der Waals surface area contributed by atoms with E-state index in [2.05, 4.69) is 84.1 Å². The van der Waals surface area contributed by atoms with Crippen LogP contribution in [0.4, 0.5) is 40.1 Å². The second-order valence-corrected chi connectivity index (χ2v) is 24.3. The zero-order chi connectivity index (χ0) is 74.9. The first-order valence-corrected chi connectivity index (χ1v) is 32.2. The molecule has 0 aliphatic carbocycles. The molecule has 0 spiro atoms. The minimum atomic E-state index is -1.17. The molecule has 0 bridgehead atoms. The maximum Gasteiger partial charge on any atom is 0.292 e. The Bertz CT molecular complexity index is 4550. The quantitative estimate of drug-likeness (QED) is 0.0250. The first-order valence-electron chi connectivity index (χ1n) is 32.2. The minimum absolute atomic E-state index is 0.0232. The van der Waals surface area contributed by atoms with Crippen LogP contribution < -0.4 is 69.1 Å². The van der Waals surface area contributed by atoms with Crippen molar-refractivity contribution in [3.8, 4) is 0 Å². The van der Waals surface area contributed by atoms with Gasteiger partial charge in [0.05, 0.1) is 28.4 Å². The number of imidazole rings is 3. The summed E-state index contributed by atoms with van der Waals surface area (Å²) >= 11 is 0. The summed E-state index contributed by atoms with van der Waals surface area (Å²) < 4.78 is 11.7. The molecule has 13 N–H and O–H groups in total. The first kappa shape index (κ1) is 75.9. The molecule has 13 amide bonds. The van der Waals surface area contributed by atoms with Crippen LogP contribution in [0, 0.1) is 0 Å². The van der Waals surface area contributed by atoms with Crippen LogP contribution >= 0.6 is 0 Å². The molecular formula is C65H83N25O13. The fraction of sp³-hybridized carbons (Fsp3) is 0.354. The highest BCUT2D eigenvalue weighted by atomic mass is 16.2. The van der Waals surface area contributed by atoms with Crippen LogP contribution in [0.1, 0.15) is 123 Å². The Kier molecular flexibility index (Phi) is 25.2. The van der Waals surface area contributed by atoms with Gasteiger partial charge in [0.15, 0.2) is 17.5 Å². The summed E-state index contributed by atoms with van der Waals surface area (Å²) in [6, 6.07) is 6.12. The van der Waals surface area contributed by atoms with Crippen molar-refractivity contribution in [3.05, 3.63) is 132 Å². The zero-order valence-corrected chi connectivity index (χ0v) is 58.6.